The Morgan fingerprint density at radius 2 is 1.63 bits per heavy atom. The monoisotopic (exact) mass is 420 g/mol. The fraction of sp³-hybridized carbons (Fsp3) is 0.0909. The van der Waals surface area contributed by atoms with Gasteiger partial charge in [0.2, 0.25) is 0 Å². The summed E-state index contributed by atoms with van der Waals surface area (Å²) in [6.07, 6.45) is 0. The van der Waals surface area contributed by atoms with Crippen LogP contribution in [0.25, 0.3) is 43.6 Å². The third-order valence-corrected chi connectivity index (χ3v) is 6.54. The van der Waals surface area contributed by atoms with E-state index in [0.29, 0.717) is 38.3 Å². The van der Waals surface area contributed by atoms with Crippen LogP contribution in [-0.4, -0.2) is 22.5 Å². The zero-order chi connectivity index (χ0) is 21.4. The maximum absolute atomic E-state index is 13.2. The first-order valence-corrected chi connectivity index (χ1v) is 10.6. The largest absolute Gasteiger partial charge is 0.354 e. The average Bonchev–Trinajstić information content (AvgIpc) is 2.72. The van der Waals surface area contributed by atoms with Crippen LogP contribution < -0.4 is 10.9 Å². The molecule has 0 fully saturated rings. The number of aryl methyl sites for hydroxylation is 2. The molecule has 30 heavy (non-hydrogen) atoms. The molecule has 8 heteroatoms. The van der Waals surface area contributed by atoms with Crippen LogP contribution in [-0.2, 0) is 17.2 Å². The van der Waals surface area contributed by atoms with E-state index in [2.05, 4.69) is 4.98 Å². The number of aromatic amines is 1. The zero-order valence-electron chi connectivity index (χ0n) is 16.1. The second-order valence-electron chi connectivity index (χ2n) is 7.36. The average molecular weight is 420 g/mol. The number of nitrogens with one attached hydrogen (secondary N) is 1. The Bertz CT molecular complexity index is 1780. The highest BCUT2D eigenvalue weighted by molar-refractivity contribution is 7.85. The second kappa shape index (κ2) is 6.01. The normalized spacial score (nSPS) is 12.4. The second-order valence-corrected chi connectivity index (χ2v) is 8.78. The molecular formula is C22H16N2O5S. The van der Waals surface area contributed by atoms with E-state index in [1.807, 2.05) is 29.8 Å². The van der Waals surface area contributed by atoms with Gasteiger partial charge in [-0.3, -0.25) is 14.1 Å². The summed E-state index contributed by atoms with van der Waals surface area (Å²) in [6.45, 7) is 1.79. The summed E-state index contributed by atoms with van der Waals surface area (Å²) in [7, 11) is -2.61. The van der Waals surface area contributed by atoms with Crippen molar-refractivity contribution < 1.29 is 13.0 Å². The fourth-order valence-electron chi connectivity index (χ4n) is 4.17. The summed E-state index contributed by atoms with van der Waals surface area (Å²) < 4.78 is 34.2. The van der Waals surface area contributed by atoms with Crippen molar-refractivity contribution in [3.05, 3.63) is 74.5 Å². The van der Waals surface area contributed by atoms with Crippen LogP contribution in [0.1, 0.15) is 5.56 Å². The van der Waals surface area contributed by atoms with Crippen LogP contribution in [0.2, 0.25) is 0 Å². The maximum atomic E-state index is 13.2. The lowest BCUT2D eigenvalue weighted by atomic mass is 10.00. The molecule has 0 spiro atoms. The van der Waals surface area contributed by atoms with Gasteiger partial charge in [0, 0.05) is 28.7 Å². The van der Waals surface area contributed by atoms with Gasteiger partial charge in [0.15, 0.2) is 10.9 Å². The molecule has 0 radical (unpaired) electrons. The van der Waals surface area contributed by atoms with E-state index in [9.17, 15) is 22.6 Å². The summed E-state index contributed by atoms with van der Waals surface area (Å²) >= 11 is 0. The summed E-state index contributed by atoms with van der Waals surface area (Å²) in [4.78, 5) is 29.3. The van der Waals surface area contributed by atoms with Crippen molar-refractivity contribution in [1.29, 1.82) is 0 Å². The van der Waals surface area contributed by atoms with Gasteiger partial charge in [-0.25, -0.2) is 0 Å². The standard InChI is InChI=1S/C22H16N2O5S/c1-11-19-18(24(2)17-6-4-3-5-13(17)22(19)26)10-15-20(11)23-16-8-7-12(30(27,28)29)9-14(16)21(15)25/h3-10H,1-2H3,(H,23,25)(H,27,28,29). The molecule has 7 nitrogen and oxygen atoms in total. The fourth-order valence-corrected chi connectivity index (χ4v) is 4.68. The Balaban J connectivity index is 2.04. The van der Waals surface area contributed by atoms with Crippen LogP contribution in [0.15, 0.2) is 63.0 Å². The predicted molar refractivity (Wildman–Crippen MR) is 117 cm³/mol. The summed E-state index contributed by atoms with van der Waals surface area (Å²) in [5, 5.41) is 1.59. The molecule has 0 unspecified atom stereocenters. The zero-order valence-corrected chi connectivity index (χ0v) is 16.9. The molecule has 2 aromatic heterocycles. The van der Waals surface area contributed by atoms with E-state index in [0.717, 1.165) is 11.6 Å². The minimum Gasteiger partial charge on any atom is -0.354 e. The van der Waals surface area contributed by atoms with Crippen LogP contribution in [0.4, 0.5) is 0 Å². The molecule has 150 valence electrons. The number of nitrogens with zero attached hydrogens (tertiary/aromatic N) is 1. The molecule has 0 saturated carbocycles. The van der Waals surface area contributed by atoms with E-state index in [-0.39, 0.29) is 21.1 Å². The molecular weight excluding hydrogens is 404 g/mol. The minimum atomic E-state index is -4.44. The molecule has 2 heterocycles. The van der Waals surface area contributed by atoms with Crippen molar-refractivity contribution >= 4 is 53.7 Å². The van der Waals surface area contributed by atoms with Crippen molar-refractivity contribution in [2.75, 3.05) is 0 Å². The van der Waals surface area contributed by atoms with Crippen LogP contribution in [0.3, 0.4) is 0 Å². The Morgan fingerprint density at radius 1 is 0.900 bits per heavy atom. The molecule has 0 amide bonds. The highest BCUT2D eigenvalue weighted by atomic mass is 32.2. The minimum absolute atomic E-state index is 0.110. The number of hydrogen-bond acceptors (Lipinski definition) is 4. The number of rotatable bonds is 1. The molecule has 0 aliphatic carbocycles. The Hall–Kier alpha value is -3.49. The lowest BCUT2D eigenvalue weighted by Crippen LogP contribution is -2.13. The smallest absolute Gasteiger partial charge is 0.294 e. The number of H-pyrrole nitrogens is 1. The summed E-state index contributed by atoms with van der Waals surface area (Å²) in [6, 6.07) is 12.8. The van der Waals surface area contributed by atoms with Crippen LogP contribution >= 0.6 is 0 Å². The first-order valence-electron chi connectivity index (χ1n) is 9.17. The number of para-hydroxylation sites is 1. The third kappa shape index (κ3) is 2.44. The van der Waals surface area contributed by atoms with Gasteiger partial charge in [-0.1, -0.05) is 12.1 Å². The lowest BCUT2D eigenvalue weighted by Gasteiger charge is -2.14. The number of hydrogen-bond donors (Lipinski definition) is 2. The molecule has 0 saturated heterocycles. The quantitative estimate of drug-likeness (QED) is 0.320. The molecule has 2 N–H and O–H groups in total. The van der Waals surface area contributed by atoms with Gasteiger partial charge in [0.1, 0.15) is 0 Å². The van der Waals surface area contributed by atoms with Crippen molar-refractivity contribution in [2.24, 2.45) is 7.05 Å². The SMILES string of the molecule is Cc1c2[nH]c3ccc(S(=O)(=O)O)cc3c(=O)c2cc2c1c(=O)c1ccccc1n2C. The Kier molecular flexibility index (Phi) is 3.71. The Labute approximate surface area is 169 Å². The van der Waals surface area contributed by atoms with Crippen LogP contribution in [0.5, 0.6) is 0 Å². The molecule has 0 aliphatic rings. The van der Waals surface area contributed by atoms with Gasteiger partial charge in [-0.05, 0) is 48.9 Å². The Morgan fingerprint density at radius 3 is 2.37 bits per heavy atom. The molecule has 5 rings (SSSR count). The van der Waals surface area contributed by atoms with E-state index in [1.54, 1.807) is 19.1 Å². The van der Waals surface area contributed by atoms with Gasteiger partial charge >= 0.3 is 0 Å². The maximum Gasteiger partial charge on any atom is 0.294 e. The highest BCUT2D eigenvalue weighted by Gasteiger charge is 2.18. The van der Waals surface area contributed by atoms with Gasteiger partial charge in [0.25, 0.3) is 10.1 Å². The first-order chi connectivity index (χ1) is 14.2. The van der Waals surface area contributed by atoms with Crippen molar-refractivity contribution in [3.63, 3.8) is 0 Å². The van der Waals surface area contributed by atoms with E-state index in [1.165, 1.54) is 12.1 Å². The van der Waals surface area contributed by atoms with E-state index >= 15 is 0 Å². The third-order valence-electron chi connectivity index (χ3n) is 5.69. The van der Waals surface area contributed by atoms with Crippen molar-refractivity contribution in [1.82, 2.24) is 9.55 Å². The molecule has 0 aliphatic heterocycles. The lowest BCUT2D eigenvalue weighted by molar-refractivity contribution is 0.483. The van der Waals surface area contributed by atoms with Crippen molar-refractivity contribution in [3.8, 4) is 0 Å². The number of fused-ring (bicyclic) bond motifs is 4. The van der Waals surface area contributed by atoms with Gasteiger partial charge in [-0.2, -0.15) is 8.42 Å². The van der Waals surface area contributed by atoms with Gasteiger partial charge in [-0.15, -0.1) is 0 Å². The topological polar surface area (TPSA) is 109 Å². The number of pyridine rings is 2. The van der Waals surface area contributed by atoms with E-state index in [4.69, 9.17) is 0 Å². The van der Waals surface area contributed by atoms with E-state index < -0.39 is 10.1 Å². The molecule has 0 bridgehead atoms. The first kappa shape index (κ1) is 18.5. The number of benzene rings is 3. The van der Waals surface area contributed by atoms with Gasteiger partial charge < -0.3 is 9.55 Å². The predicted octanol–water partition coefficient (Wildman–Crippen LogP) is 3.24. The van der Waals surface area contributed by atoms with Crippen LogP contribution in [0, 0.1) is 6.92 Å². The molecule has 0 atom stereocenters. The summed E-state index contributed by atoms with van der Waals surface area (Å²) in [5.74, 6) is 0. The van der Waals surface area contributed by atoms with Gasteiger partial charge in [0.05, 0.1) is 26.8 Å². The molecule has 5 aromatic rings. The number of aromatic nitrogens is 2. The highest BCUT2D eigenvalue weighted by Crippen LogP contribution is 2.27. The van der Waals surface area contributed by atoms with Crippen molar-refractivity contribution in [2.45, 2.75) is 11.8 Å². The summed E-state index contributed by atoms with van der Waals surface area (Å²) in [5.41, 5.74) is 2.45. The molecule has 3 aromatic carbocycles.